The summed E-state index contributed by atoms with van der Waals surface area (Å²) in [5, 5.41) is 7.21. The highest BCUT2D eigenvalue weighted by atomic mass is 16.5. The second kappa shape index (κ2) is 6.83. The lowest BCUT2D eigenvalue weighted by Crippen LogP contribution is -2.00. The van der Waals surface area contributed by atoms with Crippen LogP contribution in [0.4, 0.5) is 5.69 Å². The third-order valence-corrected chi connectivity index (χ3v) is 3.33. The van der Waals surface area contributed by atoms with Gasteiger partial charge in [-0.15, -0.1) is 0 Å². The van der Waals surface area contributed by atoms with Gasteiger partial charge in [-0.3, -0.25) is 0 Å². The lowest BCUT2D eigenvalue weighted by atomic mass is 10.2. The number of methoxy groups -OCH3 is 2. The van der Waals surface area contributed by atoms with E-state index in [0.717, 1.165) is 11.3 Å². The number of rotatable bonds is 6. The maximum atomic E-state index is 5.27. The van der Waals surface area contributed by atoms with Crippen LogP contribution < -0.4 is 14.8 Å². The Morgan fingerprint density at radius 2 is 1.78 bits per heavy atom. The van der Waals surface area contributed by atoms with Gasteiger partial charge in [0.05, 0.1) is 20.8 Å². The Morgan fingerprint density at radius 3 is 2.52 bits per heavy atom. The number of nitrogens with zero attached hydrogens (tertiary/aromatic N) is 2. The van der Waals surface area contributed by atoms with Gasteiger partial charge < -0.3 is 19.3 Å². The van der Waals surface area contributed by atoms with Gasteiger partial charge in [-0.05, 0) is 12.1 Å². The Bertz CT molecular complexity index is 772. The molecule has 3 rings (SSSR count). The predicted octanol–water partition coefficient (Wildman–Crippen LogP) is 3.37. The molecule has 118 valence electrons. The molecule has 0 aliphatic carbocycles. The van der Waals surface area contributed by atoms with Crippen molar-refractivity contribution in [2.45, 2.75) is 6.54 Å². The molecular weight excluding hydrogens is 294 g/mol. The van der Waals surface area contributed by atoms with E-state index in [9.17, 15) is 0 Å². The van der Waals surface area contributed by atoms with E-state index in [4.69, 9.17) is 14.0 Å². The molecule has 1 N–H and O–H groups in total. The molecule has 0 aliphatic heterocycles. The van der Waals surface area contributed by atoms with Crippen LogP contribution in [0.2, 0.25) is 0 Å². The Hall–Kier alpha value is -3.02. The zero-order valence-electron chi connectivity index (χ0n) is 12.9. The van der Waals surface area contributed by atoms with Gasteiger partial charge >= 0.3 is 0 Å². The van der Waals surface area contributed by atoms with Crippen molar-refractivity contribution in [1.29, 1.82) is 0 Å². The third kappa shape index (κ3) is 3.42. The van der Waals surface area contributed by atoms with E-state index in [-0.39, 0.29) is 0 Å². The minimum Gasteiger partial charge on any atom is -0.493 e. The van der Waals surface area contributed by atoms with Gasteiger partial charge in [0.15, 0.2) is 11.5 Å². The molecule has 0 spiro atoms. The average Bonchev–Trinajstić information content (AvgIpc) is 3.09. The first kappa shape index (κ1) is 14.9. The van der Waals surface area contributed by atoms with Gasteiger partial charge in [0.25, 0.3) is 0 Å². The number of anilines is 1. The second-order valence-electron chi connectivity index (χ2n) is 4.80. The largest absolute Gasteiger partial charge is 0.493 e. The summed E-state index contributed by atoms with van der Waals surface area (Å²) in [6.45, 7) is 0.426. The standard InChI is InChI=1S/C17H17N3O3/c1-21-14-9-8-13(10-15(14)22-2)18-11-16-19-17(20-23-16)12-6-4-3-5-7-12/h3-10,18H,11H2,1-2H3. The molecule has 23 heavy (non-hydrogen) atoms. The van der Waals surface area contributed by atoms with Crippen molar-refractivity contribution in [3.05, 3.63) is 54.4 Å². The normalized spacial score (nSPS) is 10.3. The van der Waals surface area contributed by atoms with Crippen LogP contribution in [0.25, 0.3) is 11.4 Å². The van der Waals surface area contributed by atoms with Crippen LogP contribution in [0.5, 0.6) is 11.5 Å². The summed E-state index contributed by atoms with van der Waals surface area (Å²) in [6.07, 6.45) is 0. The molecule has 0 radical (unpaired) electrons. The number of aromatic nitrogens is 2. The van der Waals surface area contributed by atoms with Gasteiger partial charge in [-0.2, -0.15) is 4.98 Å². The number of hydrogen-bond donors (Lipinski definition) is 1. The summed E-state index contributed by atoms with van der Waals surface area (Å²) in [4.78, 5) is 4.38. The van der Waals surface area contributed by atoms with Crippen molar-refractivity contribution in [1.82, 2.24) is 10.1 Å². The molecule has 0 saturated heterocycles. The Balaban J connectivity index is 1.68. The monoisotopic (exact) mass is 311 g/mol. The molecule has 6 heteroatoms. The highest BCUT2D eigenvalue weighted by molar-refractivity contribution is 5.55. The molecule has 1 heterocycles. The molecule has 0 atom stereocenters. The van der Waals surface area contributed by atoms with Crippen LogP contribution in [-0.4, -0.2) is 24.4 Å². The minimum absolute atomic E-state index is 0.426. The molecule has 3 aromatic rings. The molecule has 0 amide bonds. The summed E-state index contributed by atoms with van der Waals surface area (Å²) >= 11 is 0. The van der Waals surface area contributed by atoms with Crippen LogP contribution in [0.15, 0.2) is 53.1 Å². The number of hydrogen-bond acceptors (Lipinski definition) is 6. The highest BCUT2D eigenvalue weighted by Crippen LogP contribution is 2.29. The fourth-order valence-corrected chi connectivity index (χ4v) is 2.16. The van der Waals surface area contributed by atoms with E-state index in [1.807, 2.05) is 48.5 Å². The van der Waals surface area contributed by atoms with Crippen molar-refractivity contribution in [3.63, 3.8) is 0 Å². The number of nitrogens with one attached hydrogen (secondary N) is 1. The molecule has 2 aromatic carbocycles. The fourth-order valence-electron chi connectivity index (χ4n) is 2.16. The quantitative estimate of drug-likeness (QED) is 0.752. The smallest absolute Gasteiger partial charge is 0.246 e. The van der Waals surface area contributed by atoms with E-state index in [0.29, 0.717) is 29.8 Å². The molecule has 1 aromatic heterocycles. The van der Waals surface area contributed by atoms with Gasteiger partial charge in [-0.1, -0.05) is 35.5 Å². The van der Waals surface area contributed by atoms with Gasteiger partial charge in [-0.25, -0.2) is 0 Å². The topological polar surface area (TPSA) is 69.4 Å². The minimum atomic E-state index is 0.426. The van der Waals surface area contributed by atoms with Crippen molar-refractivity contribution >= 4 is 5.69 Å². The molecule has 0 saturated carbocycles. The molecule has 6 nitrogen and oxygen atoms in total. The molecule has 0 unspecified atom stereocenters. The average molecular weight is 311 g/mol. The predicted molar refractivity (Wildman–Crippen MR) is 86.6 cm³/mol. The van der Waals surface area contributed by atoms with Gasteiger partial charge in [0.1, 0.15) is 0 Å². The molecule has 0 bridgehead atoms. The molecular formula is C17H17N3O3. The van der Waals surface area contributed by atoms with E-state index in [1.54, 1.807) is 14.2 Å². The Kier molecular flexibility index (Phi) is 4.42. The van der Waals surface area contributed by atoms with E-state index >= 15 is 0 Å². The molecule has 0 fully saturated rings. The van der Waals surface area contributed by atoms with Crippen LogP contribution in [0.3, 0.4) is 0 Å². The summed E-state index contributed by atoms with van der Waals surface area (Å²) in [7, 11) is 3.21. The summed E-state index contributed by atoms with van der Waals surface area (Å²) in [5.74, 6) is 2.43. The van der Waals surface area contributed by atoms with E-state index in [1.165, 1.54) is 0 Å². The summed E-state index contributed by atoms with van der Waals surface area (Å²) < 4.78 is 15.7. The van der Waals surface area contributed by atoms with Crippen LogP contribution in [-0.2, 0) is 6.54 Å². The Morgan fingerprint density at radius 1 is 1.00 bits per heavy atom. The van der Waals surface area contributed by atoms with Crippen molar-refractivity contribution in [2.24, 2.45) is 0 Å². The lowest BCUT2D eigenvalue weighted by Gasteiger charge is -2.10. The van der Waals surface area contributed by atoms with Gasteiger partial charge in [0, 0.05) is 17.3 Å². The first-order chi connectivity index (χ1) is 11.3. The SMILES string of the molecule is COc1ccc(NCc2nc(-c3ccccc3)no2)cc1OC. The maximum Gasteiger partial charge on any atom is 0.246 e. The van der Waals surface area contributed by atoms with Crippen LogP contribution in [0.1, 0.15) is 5.89 Å². The lowest BCUT2D eigenvalue weighted by molar-refractivity contribution is 0.355. The van der Waals surface area contributed by atoms with Crippen molar-refractivity contribution in [2.75, 3.05) is 19.5 Å². The third-order valence-electron chi connectivity index (χ3n) is 3.33. The summed E-state index contributed by atoms with van der Waals surface area (Å²) in [6, 6.07) is 15.3. The fraction of sp³-hybridized carbons (Fsp3) is 0.176. The zero-order chi connectivity index (χ0) is 16.1. The van der Waals surface area contributed by atoms with Crippen LogP contribution in [0, 0.1) is 0 Å². The maximum absolute atomic E-state index is 5.27. The molecule has 0 aliphatic rings. The van der Waals surface area contributed by atoms with Crippen molar-refractivity contribution < 1.29 is 14.0 Å². The van der Waals surface area contributed by atoms with Crippen molar-refractivity contribution in [3.8, 4) is 22.9 Å². The van der Waals surface area contributed by atoms with E-state index in [2.05, 4.69) is 15.5 Å². The summed E-state index contributed by atoms with van der Waals surface area (Å²) in [5.41, 5.74) is 1.80. The number of ether oxygens (including phenoxy) is 2. The van der Waals surface area contributed by atoms with Gasteiger partial charge in [0.2, 0.25) is 11.7 Å². The Labute approximate surface area is 134 Å². The first-order valence-electron chi connectivity index (χ1n) is 7.14. The zero-order valence-corrected chi connectivity index (χ0v) is 12.9. The number of benzene rings is 2. The van der Waals surface area contributed by atoms with E-state index < -0.39 is 0 Å². The second-order valence-corrected chi connectivity index (χ2v) is 4.80. The highest BCUT2D eigenvalue weighted by Gasteiger charge is 2.09. The first-order valence-corrected chi connectivity index (χ1v) is 7.14. The van der Waals surface area contributed by atoms with Crippen LogP contribution >= 0.6 is 0 Å².